The van der Waals surface area contributed by atoms with Gasteiger partial charge in [-0.2, -0.15) is 0 Å². The van der Waals surface area contributed by atoms with Crippen LogP contribution >= 0.6 is 0 Å². The van der Waals surface area contributed by atoms with Crippen LogP contribution in [0, 0.1) is 5.92 Å². The van der Waals surface area contributed by atoms with Gasteiger partial charge in [0.15, 0.2) is 0 Å². The Labute approximate surface area is 95.4 Å². The zero-order chi connectivity index (χ0) is 11.3. The number of hydrogen-bond acceptors (Lipinski definition) is 2. The lowest BCUT2D eigenvalue weighted by molar-refractivity contribution is 0.0591. The normalized spacial score (nSPS) is 19.6. The minimum absolute atomic E-state index is 0.478. The Morgan fingerprint density at radius 2 is 1.80 bits per heavy atom. The summed E-state index contributed by atoms with van der Waals surface area (Å²) in [4.78, 5) is 2.41. The Bertz CT molecular complexity index is 169. The summed E-state index contributed by atoms with van der Waals surface area (Å²) in [5, 5.41) is 3.67. The van der Waals surface area contributed by atoms with Crippen LogP contribution in [0.25, 0.3) is 0 Å². The van der Waals surface area contributed by atoms with E-state index in [9.17, 15) is 0 Å². The van der Waals surface area contributed by atoms with E-state index in [0.717, 1.165) is 5.92 Å². The lowest BCUT2D eigenvalue weighted by Gasteiger charge is -2.47. The quantitative estimate of drug-likeness (QED) is 0.697. The highest BCUT2D eigenvalue weighted by Gasteiger charge is 2.38. The van der Waals surface area contributed by atoms with E-state index in [-0.39, 0.29) is 0 Å². The highest BCUT2D eigenvalue weighted by Crippen LogP contribution is 2.35. The third-order valence-corrected chi connectivity index (χ3v) is 4.27. The Kier molecular flexibility index (Phi) is 5.07. The van der Waals surface area contributed by atoms with E-state index in [0.29, 0.717) is 5.54 Å². The van der Waals surface area contributed by atoms with Gasteiger partial charge in [-0.1, -0.05) is 26.7 Å². The van der Waals surface area contributed by atoms with Crippen LogP contribution in [0.15, 0.2) is 0 Å². The second-order valence-electron chi connectivity index (χ2n) is 5.29. The molecule has 0 radical (unpaired) electrons. The van der Waals surface area contributed by atoms with Crippen LogP contribution in [0.2, 0.25) is 0 Å². The molecule has 0 unspecified atom stereocenters. The van der Waals surface area contributed by atoms with Crippen LogP contribution in [0.4, 0.5) is 0 Å². The molecule has 1 N–H and O–H groups in total. The molecule has 0 aromatic heterocycles. The van der Waals surface area contributed by atoms with Crippen molar-refractivity contribution in [3.8, 4) is 0 Å². The molecule has 1 aliphatic rings. The van der Waals surface area contributed by atoms with Gasteiger partial charge in [0.1, 0.15) is 0 Å². The van der Waals surface area contributed by atoms with Crippen LogP contribution in [0.1, 0.15) is 46.0 Å². The van der Waals surface area contributed by atoms with Crippen LogP contribution in [0.5, 0.6) is 0 Å². The molecule has 0 bridgehead atoms. The first kappa shape index (κ1) is 13.0. The van der Waals surface area contributed by atoms with Gasteiger partial charge >= 0.3 is 0 Å². The van der Waals surface area contributed by atoms with Crippen molar-refractivity contribution in [2.45, 2.75) is 51.5 Å². The largest absolute Gasteiger partial charge is 0.315 e. The molecule has 0 aromatic carbocycles. The fraction of sp³-hybridized carbons (Fsp3) is 1.00. The van der Waals surface area contributed by atoms with Crippen molar-refractivity contribution in [2.75, 3.05) is 27.2 Å². The highest BCUT2D eigenvalue weighted by molar-refractivity contribution is 4.97. The number of nitrogens with zero attached hydrogens (tertiary/aromatic N) is 1. The van der Waals surface area contributed by atoms with Crippen LogP contribution in [0.3, 0.4) is 0 Å². The minimum atomic E-state index is 0.478. The zero-order valence-corrected chi connectivity index (χ0v) is 11.0. The molecular weight excluding hydrogens is 184 g/mol. The molecule has 0 amide bonds. The van der Waals surface area contributed by atoms with Gasteiger partial charge in [-0.25, -0.2) is 0 Å². The molecule has 0 aromatic rings. The molecule has 0 saturated heterocycles. The summed E-state index contributed by atoms with van der Waals surface area (Å²) < 4.78 is 0. The third-order valence-electron chi connectivity index (χ3n) is 4.27. The van der Waals surface area contributed by atoms with Gasteiger partial charge in [-0.15, -0.1) is 0 Å². The maximum Gasteiger partial charge on any atom is 0.0327 e. The third kappa shape index (κ3) is 3.18. The zero-order valence-electron chi connectivity index (χ0n) is 11.0. The monoisotopic (exact) mass is 212 g/mol. The summed E-state index contributed by atoms with van der Waals surface area (Å²) in [5.41, 5.74) is 0.478. The standard InChI is InChI=1S/C13H28N2/c1-5-12(6-2)10-14-11-13(15(3)4)8-7-9-13/h12,14H,5-11H2,1-4H3. The molecule has 0 spiro atoms. The molecule has 2 heteroatoms. The molecular formula is C13H28N2. The first-order valence-corrected chi connectivity index (χ1v) is 6.52. The lowest BCUT2D eigenvalue weighted by atomic mass is 9.75. The van der Waals surface area contributed by atoms with Crippen molar-refractivity contribution in [3.63, 3.8) is 0 Å². The molecule has 0 heterocycles. The Hall–Kier alpha value is -0.0800. The summed E-state index contributed by atoms with van der Waals surface area (Å²) in [7, 11) is 4.44. The van der Waals surface area contributed by atoms with Gasteiger partial charge in [-0.3, -0.25) is 0 Å². The topological polar surface area (TPSA) is 15.3 Å². The summed E-state index contributed by atoms with van der Waals surface area (Å²) >= 11 is 0. The molecule has 15 heavy (non-hydrogen) atoms. The van der Waals surface area contributed by atoms with Crippen molar-refractivity contribution in [3.05, 3.63) is 0 Å². The summed E-state index contributed by atoms with van der Waals surface area (Å²) in [6.45, 7) is 6.96. The van der Waals surface area contributed by atoms with Crippen LogP contribution in [-0.2, 0) is 0 Å². The molecule has 90 valence electrons. The highest BCUT2D eigenvalue weighted by atomic mass is 15.2. The molecule has 0 atom stereocenters. The fourth-order valence-corrected chi connectivity index (χ4v) is 2.45. The molecule has 1 aliphatic carbocycles. The Morgan fingerprint density at radius 1 is 1.20 bits per heavy atom. The van der Waals surface area contributed by atoms with Crippen LogP contribution < -0.4 is 5.32 Å². The average molecular weight is 212 g/mol. The summed E-state index contributed by atoms with van der Waals surface area (Å²) in [6.07, 6.45) is 6.76. The number of rotatable bonds is 7. The van der Waals surface area contributed by atoms with E-state index >= 15 is 0 Å². The van der Waals surface area contributed by atoms with Gasteiger partial charge in [0.2, 0.25) is 0 Å². The Morgan fingerprint density at radius 3 is 2.13 bits per heavy atom. The maximum atomic E-state index is 3.67. The average Bonchev–Trinajstić information content (AvgIpc) is 2.15. The summed E-state index contributed by atoms with van der Waals surface area (Å²) in [5.74, 6) is 0.865. The first-order valence-electron chi connectivity index (χ1n) is 6.52. The van der Waals surface area contributed by atoms with Gasteiger partial charge < -0.3 is 10.2 Å². The van der Waals surface area contributed by atoms with Crippen LogP contribution in [-0.4, -0.2) is 37.6 Å². The first-order chi connectivity index (χ1) is 7.14. The smallest absolute Gasteiger partial charge is 0.0327 e. The second-order valence-corrected chi connectivity index (χ2v) is 5.29. The van der Waals surface area contributed by atoms with Gasteiger partial charge in [-0.05, 0) is 45.8 Å². The predicted octanol–water partition coefficient (Wildman–Crippen LogP) is 2.50. The van der Waals surface area contributed by atoms with Gasteiger partial charge in [0, 0.05) is 12.1 Å². The van der Waals surface area contributed by atoms with E-state index < -0.39 is 0 Å². The molecule has 1 saturated carbocycles. The number of hydrogen-bond donors (Lipinski definition) is 1. The molecule has 1 fully saturated rings. The number of likely N-dealkylation sites (N-methyl/N-ethyl adjacent to an activating group) is 1. The van der Waals surface area contributed by atoms with Crippen molar-refractivity contribution in [1.82, 2.24) is 10.2 Å². The maximum absolute atomic E-state index is 3.67. The summed E-state index contributed by atoms with van der Waals surface area (Å²) in [6, 6.07) is 0. The van der Waals surface area contributed by atoms with Crippen molar-refractivity contribution in [2.24, 2.45) is 5.92 Å². The van der Waals surface area contributed by atoms with Crippen molar-refractivity contribution < 1.29 is 0 Å². The molecule has 1 rings (SSSR count). The van der Waals surface area contributed by atoms with Crippen molar-refractivity contribution in [1.29, 1.82) is 0 Å². The van der Waals surface area contributed by atoms with Gasteiger partial charge in [0.25, 0.3) is 0 Å². The Balaban J connectivity index is 2.23. The van der Waals surface area contributed by atoms with E-state index in [1.807, 2.05) is 0 Å². The fourth-order valence-electron chi connectivity index (χ4n) is 2.45. The van der Waals surface area contributed by atoms with E-state index in [2.05, 4.69) is 38.2 Å². The SMILES string of the molecule is CCC(CC)CNCC1(N(C)C)CCC1. The van der Waals surface area contributed by atoms with E-state index in [1.165, 1.54) is 45.2 Å². The van der Waals surface area contributed by atoms with E-state index in [1.54, 1.807) is 0 Å². The molecule has 0 aliphatic heterocycles. The number of nitrogens with one attached hydrogen (secondary N) is 1. The van der Waals surface area contributed by atoms with E-state index in [4.69, 9.17) is 0 Å². The second kappa shape index (κ2) is 5.86. The van der Waals surface area contributed by atoms with Gasteiger partial charge in [0.05, 0.1) is 0 Å². The van der Waals surface area contributed by atoms with Crippen molar-refractivity contribution >= 4 is 0 Å². The lowest BCUT2D eigenvalue weighted by Crippen LogP contribution is -2.56. The minimum Gasteiger partial charge on any atom is -0.315 e. The predicted molar refractivity (Wildman–Crippen MR) is 67.2 cm³/mol. The molecule has 2 nitrogen and oxygen atoms in total.